The molecule has 26 heavy (non-hydrogen) atoms. The van der Waals surface area contributed by atoms with Crippen molar-refractivity contribution in [2.24, 2.45) is 21.5 Å². The number of hydroxylamine groups is 2. The van der Waals surface area contributed by atoms with Crippen LogP contribution in [0.3, 0.4) is 0 Å². The lowest BCUT2D eigenvalue weighted by Gasteiger charge is -2.31. The Labute approximate surface area is 154 Å². The first-order chi connectivity index (χ1) is 12.7. The summed E-state index contributed by atoms with van der Waals surface area (Å²) in [7, 11) is 0. The number of rotatable bonds is 8. The van der Waals surface area contributed by atoms with Crippen molar-refractivity contribution in [3.63, 3.8) is 0 Å². The summed E-state index contributed by atoms with van der Waals surface area (Å²) in [5, 5.41) is 1.59. The van der Waals surface area contributed by atoms with Gasteiger partial charge < -0.3 is 11.5 Å². The molecule has 6 heteroatoms. The zero-order valence-corrected chi connectivity index (χ0v) is 14.8. The summed E-state index contributed by atoms with van der Waals surface area (Å²) >= 11 is 0. The molecule has 6 nitrogen and oxygen atoms in total. The zero-order valence-electron chi connectivity index (χ0n) is 14.8. The van der Waals surface area contributed by atoms with Gasteiger partial charge in [0.1, 0.15) is 0 Å². The monoisotopic (exact) mass is 351 g/mol. The molecule has 0 fully saturated rings. The van der Waals surface area contributed by atoms with Gasteiger partial charge in [-0.05, 0) is 36.8 Å². The van der Waals surface area contributed by atoms with Crippen LogP contribution in [-0.2, 0) is 17.7 Å². The Morgan fingerprint density at radius 3 is 2.15 bits per heavy atom. The van der Waals surface area contributed by atoms with Gasteiger partial charge in [0.25, 0.3) is 0 Å². The first-order valence-corrected chi connectivity index (χ1v) is 8.90. The average Bonchev–Trinajstić information content (AvgIpc) is 2.66. The highest BCUT2D eigenvalue weighted by Gasteiger charge is 2.25. The quantitative estimate of drug-likeness (QED) is 0.715. The Morgan fingerprint density at radius 1 is 0.885 bits per heavy atom. The van der Waals surface area contributed by atoms with E-state index >= 15 is 0 Å². The Hall–Kier alpha value is -2.86. The van der Waals surface area contributed by atoms with Crippen molar-refractivity contribution in [2.45, 2.75) is 31.8 Å². The van der Waals surface area contributed by atoms with Crippen molar-refractivity contribution in [1.29, 1.82) is 0 Å². The molecule has 0 amide bonds. The van der Waals surface area contributed by atoms with E-state index in [4.69, 9.17) is 16.3 Å². The summed E-state index contributed by atoms with van der Waals surface area (Å²) in [6.45, 7) is 0.544. The maximum Gasteiger partial charge on any atom is 0.225 e. The van der Waals surface area contributed by atoms with Crippen molar-refractivity contribution in [1.82, 2.24) is 5.06 Å². The molecule has 1 heterocycles. The van der Waals surface area contributed by atoms with Crippen LogP contribution in [0.1, 0.15) is 24.0 Å². The van der Waals surface area contributed by atoms with E-state index in [0.717, 1.165) is 25.7 Å². The fourth-order valence-electron chi connectivity index (χ4n) is 2.91. The third kappa shape index (κ3) is 5.07. The van der Waals surface area contributed by atoms with Crippen LogP contribution < -0.4 is 11.5 Å². The molecular weight excluding hydrogens is 326 g/mol. The van der Waals surface area contributed by atoms with Gasteiger partial charge in [-0.15, -0.1) is 0 Å². The highest BCUT2D eigenvalue weighted by molar-refractivity contribution is 5.94. The van der Waals surface area contributed by atoms with Gasteiger partial charge in [-0.3, -0.25) is 4.84 Å². The second kappa shape index (κ2) is 9.01. The Balaban J connectivity index is 1.53. The van der Waals surface area contributed by atoms with Crippen LogP contribution in [0.15, 0.2) is 70.6 Å². The lowest BCUT2D eigenvalue weighted by atomic mass is 10.1. The topological polar surface area (TPSA) is 89.2 Å². The fourth-order valence-corrected chi connectivity index (χ4v) is 2.91. The van der Waals surface area contributed by atoms with Gasteiger partial charge in [0, 0.05) is 0 Å². The molecule has 0 saturated heterocycles. The van der Waals surface area contributed by atoms with Gasteiger partial charge in [-0.1, -0.05) is 60.7 Å². The molecule has 0 saturated carbocycles. The molecule has 2 aromatic rings. The maximum absolute atomic E-state index is 6.01. The first kappa shape index (κ1) is 17.9. The van der Waals surface area contributed by atoms with Crippen LogP contribution in [-0.4, -0.2) is 29.8 Å². The minimum atomic E-state index is -0.260. The van der Waals surface area contributed by atoms with Crippen LogP contribution >= 0.6 is 0 Å². The number of aliphatic imine (C=N–C) groups is 2. The normalized spacial score (nSPS) is 16.9. The molecule has 1 unspecified atom stereocenters. The molecule has 4 N–H and O–H groups in total. The molecule has 0 bridgehead atoms. The predicted octanol–water partition coefficient (Wildman–Crippen LogP) is 2.45. The summed E-state index contributed by atoms with van der Waals surface area (Å²) in [6, 6.07) is 20.6. The van der Waals surface area contributed by atoms with E-state index < -0.39 is 0 Å². The van der Waals surface area contributed by atoms with Crippen LogP contribution in [0, 0.1) is 0 Å². The molecule has 1 atom stereocenters. The summed E-state index contributed by atoms with van der Waals surface area (Å²) in [6.07, 6.45) is 3.19. The Kier molecular flexibility index (Phi) is 6.22. The van der Waals surface area contributed by atoms with Gasteiger partial charge in [0.2, 0.25) is 11.9 Å². The van der Waals surface area contributed by atoms with Crippen LogP contribution in [0.5, 0.6) is 0 Å². The second-order valence-electron chi connectivity index (χ2n) is 6.21. The number of nitrogens with two attached hydrogens (primary N) is 2. The molecule has 0 aliphatic carbocycles. The summed E-state index contributed by atoms with van der Waals surface area (Å²) in [5.41, 5.74) is 14.3. The molecule has 2 aromatic carbocycles. The maximum atomic E-state index is 6.01. The van der Waals surface area contributed by atoms with E-state index in [9.17, 15) is 0 Å². The van der Waals surface area contributed by atoms with Crippen molar-refractivity contribution in [2.75, 3.05) is 6.61 Å². The van der Waals surface area contributed by atoms with Gasteiger partial charge >= 0.3 is 0 Å². The molecule has 0 radical (unpaired) electrons. The summed E-state index contributed by atoms with van der Waals surface area (Å²) in [5.74, 6) is 0.458. The smallest absolute Gasteiger partial charge is 0.225 e. The number of hydrogen-bond acceptors (Lipinski definition) is 6. The highest BCUT2D eigenvalue weighted by Crippen LogP contribution is 2.15. The number of benzene rings is 2. The minimum Gasteiger partial charge on any atom is -0.368 e. The van der Waals surface area contributed by atoms with Gasteiger partial charge in [0.05, 0.1) is 6.61 Å². The average molecular weight is 351 g/mol. The number of hydrogen-bond donors (Lipinski definition) is 2. The first-order valence-electron chi connectivity index (χ1n) is 8.90. The second-order valence-corrected chi connectivity index (χ2v) is 6.21. The summed E-state index contributed by atoms with van der Waals surface area (Å²) < 4.78 is 0. The van der Waals surface area contributed by atoms with Gasteiger partial charge in [-0.2, -0.15) is 10.1 Å². The molecule has 0 aromatic heterocycles. The third-order valence-electron chi connectivity index (χ3n) is 4.22. The number of guanidine groups is 2. The number of aryl methyl sites for hydroxylation is 2. The van der Waals surface area contributed by atoms with E-state index in [1.807, 2.05) is 36.4 Å². The zero-order chi connectivity index (χ0) is 18.2. The van der Waals surface area contributed by atoms with Crippen LogP contribution in [0.4, 0.5) is 0 Å². The standard InChI is InChI=1S/C20H25N5O/c21-19-23-18(14-13-17-10-5-2-6-11-17)25(20(22)24-19)26-15-7-12-16-8-3-1-4-9-16/h1-6,8-11,18H,7,12-15H2,(H4,21,22,23,24). The lowest BCUT2D eigenvalue weighted by molar-refractivity contribution is -0.130. The lowest BCUT2D eigenvalue weighted by Crippen LogP contribution is -2.48. The van der Waals surface area contributed by atoms with Crippen molar-refractivity contribution in [3.05, 3.63) is 71.8 Å². The van der Waals surface area contributed by atoms with Gasteiger partial charge in [0.15, 0.2) is 6.17 Å². The van der Waals surface area contributed by atoms with Crippen LogP contribution in [0.25, 0.3) is 0 Å². The minimum absolute atomic E-state index is 0.199. The van der Waals surface area contributed by atoms with E-state index in [0.29, 0.717) is 6.61 Å². The van der Waals surface area contributed by atoms with E-state index in [1.54, 1.807) is 5.06 Å². The molecular formula is C20H25N5O. The SMILES string of the molecule is NC1=NC(CCc2ccccc2)N(OCCCc2ccccc2)C(N)=N1. The number of nitrogens with zero attached hydrogens (tertiary/aromatic N) is 3. The molecule has 136 valence electrons. The molecule has 1 aliphatic heterocycles. The highest BCUT2D eigenvalue weighted by atomic mass is 16.7. The Bertz CT molecular complexity index is 745. The third-order valence-corrected chi connectivity index (χ3v) is 4.22. The van der Waals surface area contributed by atoms with E-state index in [1.165, 1.54) is 11.1 Å². The van der Waals surface area contributed by atoms with Crippen LogP contribution in [0.2, 0.25) is 0 Å². The largest absolute Gasteiger partial charge is 0.368 e. The molecule has 1 aliphatic rings. The molecule has 0 spiro atoms. The molecule has 3 rings (SSSR count). The van der Waals surface area contributed by atoms with E-state index in [-0.39, 0.29) is 18.1 Å². The van der Waals surface area contributed by atoms with E-state index in [2.05, 4.69) is 34.3 Å². The van der Waals surface area contributed by atoms with Crippen molar-refractivity contribution < 1.29 is 4.84 Å². The van der Waals surface area contributed by atoms with Crippen molar-refractivity contribution in [3.8, 4) is 0 Å². The van der Waals surface area contributed by atoms with Crippen molar-refractivity contribution >= 4 is 11.9 Å². The van der Waals surface area contributed by atoms with Gasteiger partial charge in [-0.25, -0.2) is 4.99 Å². The summed E-state index contributed by atoms with van der Waals surface area (Å²) in [4.78, 5) is 14.3. The fraction of sp³-hybridized carbons (Fsp3) is 0.300. The Morgan fingerprint density at radius 2 is 1.50 bits per heavy atom. The predicted molar refractivity (Wildman–Crippen MR) is 104 cm³/mol.